The van der Waals surface area contributed by atoms with E-state index in [4.69, 9.17) is 0 Å². The van der Waals surface area contributed by atoms with Crippen LogP contribution in [0, 0.1) is 18.6 Å². The summed E-state index contributed by atoms with van der Waals surface area (Å²) in [5.74, 6) is -2.13. The molecular formula is C20H20F2N2O3. The number of nitrogens with zero attached hydrogens (tertiary/aromatic N) is 1. The van der Waals surface area contributed by atoms with Crippen molar-refractivity contribution < 1.29 is 23.1 Å². The van der Waals surface area contributed by atoms with E-state index < -0.39 is 17.6 Å². The summed E-state index contributed by atoms with van der Waals surface area (Å²) in [7, 11) is 1.28. The van der Waals surface area contributed by atoms with E-state index in [1.54, 1.807) is 30.0 Å². The van der Waals surface area contributed by atoms with Crippen molar-refractivity contribution in [3.8, 4) is 0 Å². The van der Waals surface area contributed by atoms with E-state index in [1.165, 1.54) is 13.2 Å². The normalized spacial score (nSPS) is 13.1. The Hall–Kier alpha value is -2.96. The predicted octanol–water partition coefficient (Wildman–Crippen LogP) is 3.45. The van der Waals surface area contributed by atoms with Gasteiger partial charge in [-0.2, -0.15) is 0 Å². The second kappa shape index (κ2) is 7.73. The van der Waals surface area contributed by atoms with Crippen LogP contribution in [-0.2, 0) is 16.0 Å². The highest BCUT2D eigenvalue weighted by Crippen LogP contribution is 2.31. The Morgan fingerprint density at radius 2 is 2.00 bits per heavy atom. The molecule has 1 aliphatic heterocycles. The Balaban J connectivity index is 1.77. The van der Waals surface area contributed by atoms with Crippen molar-refractivity contribution in [2.24, 2.45) is 0 Å². The highest BCUT2D eigenvalue weighted by Gasteiger charge is 2.24. The van der Waals surface area contributed by atoms with Crippen molar-refractivity contribution in [2.75, 3.05) is 30.4 Å². The SMILES string of the molecule is COC(=O)c1ccc(C)c(NC(=O)CN2CCCc3cc(F)cc(F)c32)c1. The minimum Gasteiger partial charge on any atom is -0.465 e. The summed E-state index contributed by atoms with van der Waals surface area (Å²) in [6.45, 7) is 2.23. The lowest BCUT2D eigenvalue weighted by Gasteiger charge is -2.31. The number of carbonyl (C=O) groups excluding carboxylic acids is 2. The lowest BCUT2D eigenvalue weighted by molar-refractivity contribution is -0.115. The first kappa shape index (κ1) is 18.8. The maximum atomic E-state index is 14.2. The molecule has 142 valence electrons. The molecule has 2 aromatic rings. The van der Waals surface area contributed by atoms with Crippen molar-refractivity contribution in [1.29, 1.82) is 0 Å². The molecule has 5 nitrogen and oxygen atoms in total. The van der Waals surface area contributed by atoms with Crippen LogP contribution in [0.25, 0.3) is 0 Å². The number of nitrogens with one attached hydrogen (secondary N) is 1. The van der Waals surface area contributed by atoms with Crippen LogP contribution < -0.4 is 10.2 Å². The van der Waals surface area contributed by atoms with Crippen molar-refractivity contribution in [3.63, 3.8) is 0 Å². The smallest absolute Gasteiger partial charge is 0.337 e. The average molecular weight is 374 g/mol. The molecule has 0 bridgehead atoms. The maximum absolute atomic E-state index is 14.2. The molecule has 1 aliphatic rings. The fraction of sp³-hybridized carbons (Fsp3) is 0.300. The van der Waals surface area contributed by atoms with Crippen LogP contribution in [0.3, 0.4) is 0 Å². The summed E-state index contributed by atoms with van der Waals surface area (Å²) in [5.41, 5.74) is 2.43. The zero-order chi connectivity index (χ0) is 19.6. The van der Waals surface area contributed by atoms with Gasteiger partial charge in [-0.1, -0.05) is 6.07 Å². The summed E-state index contributed by atoms with van der Waals surface area (Å²) in [4.78, 5) is 25.8. The second-order valence-electron chi connectivity index (χ2n) is 6.49. The number of fused-ring (bicyclic) bond motifs is 1. The number of benzene rings is 2. The molecule has 1 amide bonds. The largest absolute Gasteiger partial charge is 0.465 e. The Morgan fingerprint density at radius 3 is 2.74 bits per heavy atom. The average Bonchev–Trinajstić information content (AvgIpc) is 2.62. The summed E-state index contributed by atoms with van der Waals surface area (Å²) >= 11 is 0. The number of anilines is 2. The molecule has 1 N–H and O–H groups in total. The van der Waals surface area contributed by atoms with E-state index in [1.807, 2.05) is 0 Å². The number of aryl methyl sites for hydroxylation is 2. The number of carbonyl (C=O) groups is 2. The van der Waals surface area contributed by atoms with Gasteiger partial charge < -0.3 is 15.0 Å². The minimum absolute atomic E-state index is 0.0720. The van der Waals surface area contributed by atoms with Crippen molar-refractivity contribution in [1.82, 2.24) is 0 Å². The zero-order valence-corrected chi connectivity index (χ0v) is 15.1. The van der Waals surface area contributed by atoms with Crippen LogP contribution in [0.1, 0.15) is 27.9 Å². The Bertz CT molecular complexity index is 899. The standard InChI is InChI=1S/C20H20F2N2O3/c1-12-5-6-14(20(26)27-2)9-17(12)23-18(25)11-24-7-3-4-13-8-15(21)10-16(22)19(13)24/h5-6,8-10H,3-4,7,11H2,1-2H3,(H,23,25). The zero-order valence-electron chi connectivity index (χ0n) is 15.1. The van der Waals surface area contributed by atoms with Gasteiger partial charge in [0.25, 0.3) is 0 Å². The van der Waals surface area contributed by atoms with Crippen LogP contribution in [0.4, 0.5) is 20.2 Å². The lowest BCUT2D eigenvalue weighted by Crippen LogP contribution is -2.37. The third-order valence-electron chi connectivity index (χ3n) is 4.56. The van der Waals surface area contributed by atoms with Gasteiger partial charge in [-0.05, 0) is 49.1 Å². The molecule has 0 fully saturated rings. The van der Waals surface area contributed by atoms with Crippen molar-refractivity contribution >= 4 is 23.3 Å². The summed E-state index contributed by atoms with van der Waals surface area (Å²) in [5, 5.41) is 2.75. The van der Waals surface area contributed by atoms with E-state index in [-0.39, 0.29) is 18.1 Å². The molecular weight excluding hydrogens is 354 g/mol. The van der Waals surface area contributed by atoms with E-state index in [9.17, 15) is 18.4 Å². The van der Waals surface area contributed by atoms with Gasteiger partial charge >= 0.3 is 5.97 Å². The Morgan fingerprint density at radius 1 is 1.22 bits per heavy atom. The van der Waals surface area contributed by atoms with Crippen LogP contribution in [0.5, 0.6) is 0 Å². The number of esters is 1. The molecule has 27 heavy (non-hydrogen) atoms. The van der Waals surface area contributed by atoms with Gasteiger partial charge in [-0.25, -0.2) is 13.6 Å². The van der Waals surface area contributed by atoms with Gasteiger partial charge in [0.05, 0.1) is 24.9 Å². The number of ether oxygens (including phenoxy) is 1. The fourth-order valence-electron chi connectivity index (χ4n) is 3.26. The van der Waals surface area contributed by atoms with Crippen LogP contribution >= 0.6 is 0 Å². The van der Waals surface area contributed by atoms with E-state index in [0.29, 0.717) is 36.2 Å². The van der Waals surface area contributed by atoms with Crippen molar-refractivity contribution in [2.45, 2.75) is 19.8 Å². The quantitative estimate of drug-likeness (QED) is 0.833. The predicted molar refractivity (Wildman–Crippen MR) is 98.0 cm³/mol. The number of amides is 1. The number of methoxy groups -OCH3 is 1. The number of hydrogen-bond donors (Lipinski definition) is 1. The van der Waals surface area contributed by atoms with Crippen LogP contribution in [0.15, 0.2) is 30.3 Å². The molecule has 1 heterocycles. The Kier molecular flexibility index (Phi) is 5.39. The van der Waals surface area contributed by atoms with Gasteiger partial charge in [0.2, 0.25) is 5.91 Å². The minimum atomic E-state index is -0.665. The topological polar surface area (TPSA) is 58.6 Å². The van der Waals surface area contributed by atoms with Gasteiger partial charge in [0, 0.05) is 18.3 Å². The number of halogens is 2. The van der Waals surface area contributed by atoms with Crippen LogP contribution in [-0.4, -0.2) is 32.1 Å². The van der Waals surface area contributed by atoms with Gasteiger partial charge in [0.15, 0.2) is 0 Å². The molecule has 0 saturated carbocycles. The molecule has 0 saturated heterocycles. The van der Waals surface area contributed by atoms with E-state index in [0.717, 1.165) is 11.6 Å². The van der Waals surface area contributed by atoms with Crippen LogP contribution in [0.2, 0.25) is 0 Å². The van der Waals surface area contributed by atoms with Gasteiger partial charge in [0.1, 0.15) is 11.6 Å². The number of rotatable bonds is 4. The molecule has 3 rings (SSSR count). The van der Waals surface area contributed by atoms with Gasteiger partial charge in [-0.15, -0.1) is 0 Å². The molecule has 0 unspecified atom stereocenters. The molecule has 0 aromatic heterocycles. The third-order valence-corrected chi connectivity index (χ3v) is 4.56. The van der Waals surface area contributed by atoms with E-state index in [2.05, 4.69) is 10.1 Å². The highest BCUT2D eigenvalue weighted by atomic mass is 19.1. The molecule has 0 atom stereocenters. The molecule has 0 radical (unpaired) electrons. The van der Waals surface area contributed by atoms with E-state index >= 15 is 0 Å². The highest BCUT2D eigenvalue weighted by molar-refractivity contribution is 5.97. The Labute approximate surface area is 155 Å². The lowest BCUT2D eigenvalue weighted by atomic mass is 10.0. The first-order chi connectivity index (χ1) is 12.9. The molecule has 2 aromatic carbocycles. The second-order valence-corrected chi connectivity index (χ2v) is 6.49. The fourth-order valence-corrected chi connectivity index (χ4v) is 3.26. The summed E-state index contributed by atoms with van der Waals surface area (Å²) in [6.07, 6.45) is 1.28. The maximum Gasteiger partial charge on any atom is 0.337 e. The summed E-state index contributed by atoms with van der Waals surface area (Å²) < 4.78 is 32.4. The number of hydrogen-bond acceptors (Lipinski definition) is 4. The summed E-state index contributed by atoms with van der Waals surface area (Å²) in [6, 6.07) is 7.01. The molecule has 7 heteroatoms. The molecule has 0 spiro atoms. The first-order valence-corrected chi connectivity index (χ1v) is 8.60. The first-order valence-electron chi connectivity index (χ1n) is 8.60. The third kappa shape index (κ3) is 4.07. The molecule has 0 aliphatic carbocycles. The monoisotopic (exact) mass is 374 g/mol. The van der Waals surface area contributed by atoms with Gasteiger partial charge in [-0.3, -0.25) is 4.79 Å². The van der Waals surface area contributed by atoms with Crippen molar-refractivity contribution in [3.05, 3.63) is 58.7 Å².